The van der Waals surface area contributed by atoms with Gasteiger partial charge in [-0.15, -0.1) is 0 Å². The average molecular weight is 432 g/mol. The van der Waals surface area contributed by atoms with Crippen molar-refractivity contribution in [3.63, 3.8) is 0 Å². The van der Waals surface area contributed by atoms with Crippen molar-refractivity contribution in [2.45, 2.75) is 36.6 Å². The van der Waals surface area contributed by atoms with E-state index in [1.54, 1.807) is 27.1 Å². The summed E-state index contributed by atoms with van der Waals surface area (Å²) in [5.74, 6) is 0. The second-order valence-corrected chi connectivity index (χ2v) is 12.8. The molecule has 0 aromatic heterocycles. The van der Waals surface area contributed by atoms with E-state index in [2.05, 4.69) is 82.8 Å². The minimum Gasteiger partial charge on any atom is -1.00 e. The standard InChI is InChI=1S/C22H21Si.2ClH.Ti/c1-3-23(4-2)20-14-18-17-12-8-7-11-16(17)13-19(18)21(22(20)23)15-9-5-6-10-15;;;/h5-9,11-14H,3-4,10H2,1-2H3;2*1H;/q;;;+2/p-2. The molecule has 2 aliphatic carbocycles. The van der Waals surface area contributed by atoms with Crippen molar-refractivity contribution in [2.24, 2.45) is 0 Å². The first-order chi connectivity index (χ1) is 11.7. The van der Waals surface area contributed by atoms with E-state index in [4.69, 9.17) is 0 Å². The predicted molar refractivity (Wildman–Crippen MR) is 101 cm³/mol. The largest absolute Gasteiger partial charge is 1.00 e. The summed E-state index contributed by atoms with van der Waals surface area (Å²) in [7, 11) is -1.31. The molecule has 2 aromatic carbocycles. The fraction of sp³-hybridized carbons (Fsp3) is 0.273. The van der Waals surface area contributed by atoms with Crippen molar-refractivity contribution in [3.8, 4) is 11.1 Å². The van der Waals surface area contributed by atoms with Gasteiger partial charge in [0.2, 0.25) is 0 Å². The molecule has 0 spiro atoms. The van der Waals surface area contributed by atoms with Gasteiger partial charge in [0.15, 0.2) is 0 Å². The maximum Gasteiger partial charge on any atom is -1.00 e. The number of hydrogen-bond donors (Lipinski definition) is 0. The van der Waals surface area contributed by atoms with Crippen LogP contribution in [0.2, 0.25) is 12.1 Å². The van der Waals surface area contributed by atoms with Crippen LogP contribution in [0.3, 0.4) is 0 Å². The zero-order chi connectivity index (χ0) is 16.5. The van der Waals surface area contributed by atoms with E-state index >= 15 is 0 Å². The molecule has 0 bridgehead atoms. The van der Waals surface area contributed by atoms with Crippen LogP contribution < -0.4 is 35.2 Å². The summed E-state index contributed by atoms with van der Waals surface area (Å²) in [6.07, 6.45) is 8.05. The molecule has 4 heteroatoms. The van der Waals surface area contributed by atoms with E-state index in [0.29, 0.717) is 4.22 Å². The van der Waals surface area contributed by atoms with Gasteiger partial charge in [-0.1, -0.05) is 0 Å². The molecule has 0 amide bonds. The number of benzene rings is 2. The molecule has 0 nitrogen and oxygen atoms in total. The molecule has 2 aromatic rings. The molecular weight excluding hydrogens is 411 g/mol. The van der Waals surface area contributed by atoms with Crippen molar-refractivity contribution < 1.29 is 45.2 Å². The molecule has 1 atom stereocenters. The van der Waals surface area contributed by atoms with Crippen molar-refractivity contribution in [3.05, 3.63) is 65.3 Å². The third-order valence-corrected chi connectivity index (χ3v) is 12.5. The van der Waals surface area contributed by atoms with Gasteiger partial charge in [-0.25, -0.2) is 0 Å². The number of halogens is 2. The van der Waals surface area contributed by atoms with E-state index in [-0.39, 0.29) is 24.8 Å². The number of fused-ring (bicyclic) bond motifs is 4. The summed E-state index contributed by atoms with van der Waals surface area (Å²) in [6.45, 7) is 4.84. The Labute approximate surface area is 181 Å². The molecular formula is C22H21Cl2SiTi. The van der Waals surface area contributed by atoms with Gasteiger partial charge in [-0.05, 0) is 0 Å². The SMILES string of the molecule is CC[Si]1(CC)c2cc3c(c(C4=CC=CC4)c21)[CH]([Ti+2])c1ccccc1-3.[Cl-].[Cl-]. The minimum atomic E-state index is -1.31. The minimum absolute atomic E-state index is 0. The van der Waals surface area contributed by atoms with Crippen LogP contribution in [0.15, 0.2) is 48.6 Å². The molecule has 131 valence electrons. The average Bonchev–Trinajstić information content (AvgIpc) is 2.92. The van der Waals surface area contributed by atoms with Crippen LogP contribution in [-0.2, 0) is 20.4 Å². The Kier molecular flexibility index (Phi) is 5.52. The molecule has 1 aliphatic heterocycles. The van der Waals surface area contributed by atoms with Gasteiger partial charge in [-0.2, -0.15) is 0 Å². The van der Waals surface area contributed by atoms with Crippen molar-refractivity contribution in [1.82, 2.24) is 0 Å². The molecule has 0 N–H and O–H groups in total. The van der Waals surface area contributed by atoms with Crippen LogP contribution in [0.25, 0.3) is 16.7 Å². The Balaban J connectivity index is 0.000000980. The normalized spacial score (nSPS) is 19.7. The van der Waals surface area contributed by atoms with Gasteiger partial charge in [0, 0.05) is 0 Å². The Morgan fingerprint density at radius 3 is 2.46 bits per heavy atom. The maximum absolute atomic E-state index is 2.60. The molecule has 26 heavy (non-hydrogen) atoms. The van der Waals surface area contributed by atoms with Crippen LogP contribution in [-0.4, -0.2) is 8.07 Å². The van der Waals surface area contributed by atoms with Crippen molar-refractivity contribution in [2.75, 3.05) is 0 Å². The van der Waals surface area contributed by atoms with Crippen LogP contribution in [0.1, 0.15) is 41.2 Å². The summed E-state index contributed by atoms with van der Waals surface area (Å²) in [5.41, 5.74) is 9.39. The number of hydrogen-bond acceptors (Lipinski definition) is 0. The molecule has 0 fully saturated rings. The monoisotopic (exact) mass is 431 g/mol. The van der Waals surface area contributed by atoms with Crippen LogP contribution in [0.5, 0.6) is 0 Å². The van der Waals surface area contributed by atoms with E-state index < -0.39 is 8.07 Å². The van der Waals surface area contributed by atoms with Gasteiger partial charge < -0.3 is 24.8 Å². The van der Waals surface area contributed by atoms with Gasteiger partial charge in [-0.3, -0.25) is 0 Å². The van der Waals surface area contributed by atoms with Crippen molar-refractivity contribution >= 4 is 24.0 Å². The topological polar surface area (TPSA) is 0 Å². The smallest absolute Gasteiger partial charge is 1.00 e. The maximum atomic E-state index is 2.60. The fourth-order valence-corrected chi connectivity index (χ4v) is 10.6. The summed E-state index contributed by atoms with van der Waals surface area (Å²) in [4.78, 5) is 0. The second kappa shape index (κ2) is 7.11. The number of rotatable bonds is 3. The Bertz CT molecular complexity index is 941. The Morgan fingerprint density at radius 1 is 1.08 bits per heavy atom. The van der Waals surface area contributed by atoms with Gasteiger partial charge in [0.1, 0.15) is 0 Å². The first kappa shape index (κ1) is 20.2. The van der Waals surface area contributed by atoms with Gasteiger partial charge in [0.05, 0.1) is 0 Å². The van der Waals surface area contributed by atoms with Gasteiger partial charge >= 0.3 is 157 Å². The van der Waals surface area contributed by atoms with Crippen LogP contribution in [0, 0.1) is 0 Å². The molecule has 0 radical (unpaired) electrons. The van der Waals surface area contributed by atoms with E-state index in [1.165, 1.54) is 28.8 Å². The summed E-state index contributed by atoms with van der Waals surface area (Å²) >= 11 is 2.41. The summed E-state index contributed by atoms with van der Waals surface area (Å²) < 4.78 is 0.527. The van der Waals surface area contributed by atoms with E-state index in [9.17, 15) is 0 Å². The third kappa shape index (κ3) is 2.45. The van der Waals surface area contributed by atoms with Crippen molar-refractivity contribution in [1.29, 1.82) is 0 Å². The predicted octanol–water partition coefficient (Wildman–Crippen LogP) is -1.43. The molecule has 1 heterocycles. The van der Waals surface area contributed by atoms with E-state index in [0.717, 1.165) is 6.42 Å². The second-order valence-electron chi connectivity index (χ2n) is 7.27. The number of allylic oxidation sites excluding steroid dienone is 4. The molecule has 1 unspecified atom stereocenters. The van der Waals surface area contributed by atoms with E-state index in [1.807, 2.05) is 0 Å². The molecule has 3 aliphatic rings. The molecule has 0 saturated heterocycles. The van der Waals surface area contributed by atoms with Crippen LogP contribution >= 0.6 is 0 Å². The summed E-state index contributed by atoms with van der Waals surface area (Å²) in [6, 6.07) is 14.4. The summed E-state index contributed by atoms with van der Waals surface area (Å²) in [5, 5.41) is 3.57. The first-order valence-electron chi connectivity index (χ1n) is 9.11. The molecule has 5 rings (SSSR count). The fourth-order valence-electron chi connectivity index (χ4n) is 5.08. The molecule has 0 saturated carbocycles. The van der Waals surface area contributed by atoms with Crippen LogP contribution in [0.4, 0.5) is 0 Å². The third-order valence-electron chi connectivity index (χ3n) is 6.45. The Hall–Kier alpha value is -0.569. The Morgan fingerprint density at radius 2 is 1.81 bits per heavy atom. The first-order valence-corrected chi connectivity index (χ1v) is 12.4. The quantitative estimate of drug-likeness (QED) is 0.523. The van der Waals surface area contributed by atoms with Gasteiger partial charge in [0.25, 0.3) is 0 Å². The zero-order valence-corrected chi connectivity index (χ0v) is 19.1. The zero-order valence-electron chi connectivity index (χ0n) is 15.1.